The summed E-state index contributed by atoms with van der Waals surface area (Å²) in [5.41, 5.74) is 0. The van der Waals surface area contributed by atoms with E-state index in [0.29, 0.717) is 16.7 Å². The quantitative estimate of drug-likeness (QED) is 0.605. The van der Waals surface area contributed by atoms with Crippen molar-refractivity contribution in [3.8, 4) is 0 Å². The maximum atomic E-state index is 11.9. The summed E-state index contributed by atoms with van der Waals surface area (Å²) in [7, 11) is 0. The molecule has 0 aromatic carbocycles. The molecule has 1 aromatic heterocycles. The van der Waals surface area contributed by atoms with Crippen molar-refractivity contribution in [2.45, 2.75) is 52.0 Å². The van der Waals surface area contributed by atoms with Crippen molar-refractivity contribution < 1.29 is 19.1 Å². The van der Waals surface area contributed by atoms with Crippen LogP contribution < -0.4 is 5.32 Å². The number of hydrogen-bond acceptors (Lipinski definition) is 5. The Morgan fingerprint density at radius 3 is 2.75 bits per heavy atom. The Balaban J connectivity index is 1.66. The lowest BCUT2D eigenvalue weighted by molar-refractivity contribution is -0.148. The molecule has 1 aliphatic rings. The molecule has 0 saturated heterocycles. The van der Waals surface area contributed by atoms with Gasteiger partial charge in [0.15, 0.2) is 12.4 Å². The molecule has 1 amide bonds. The molecule has 0 aliphatic heterocycles. The zero-order valence-electron chi connectivity index (χ0n) is 14.2. The van der Waals surface area contributed by atoms with Gasteiger partial charge in [0.25, 0.3) is 5.91 Å². The maximum Gasteiger partial charge on any atom is 0.306 e. The lowest BCUT2D eigenvalue weighted by Crippen LogP contribution is -2.45. The van der Waals surface area contributed by atoms with Gasteiger partial charge >= 0.3 is 5.97 Å². The molecule has 24 heavy (non-hydrogen) atoms. The van der Waals surface area contributed by atoms with Gasteiger partial charge in [-0.3, -0.25) is 14.4 Å². The molecule has 1 aliphatic carbocycles. The predicted molar refractivity (Wildman–Crippen MR) is 93.0 cm³/mol. The average molecular weight is 351 g/mol. The van der Waals surface area contributed by atoms with Crippen molar-refractivity contribution in [2.24, 2.45) is 11.8 Å². The van der Waals surface area contributed by atoms with E-state index >= 15 is 0 Å². The molecule has 1 aromatic rings. The topological polar surface area (TPSA) is 72.5 Å². The minimum absolute atomic E-state index is 0.000872. The summed E-state index contributed by atoms with van der Waals surface area (Å²) in [6, 6.07) is 3.69. The number of Topliss-reactive ketones (excluding diaryl/α,β-unsaturated/α-hetero) is 1. The molecule has 1 heterocycles. The fraction of sp³-hybridized carbons (Fsp3) is 0.611. The molecule has 132 valence electrons. The van der Waals surface area contributed by atoms with Crippen molar-refractivity contribution in [1.82, 2.24) is 5.32 Å². The molecule has 0 unspecified atom stereocenters. The highest BCUT2D eigenvalue weighted by Crippen LogP contribution is 2.29. The largest absolute Gasteiger partial charge is 0.456 e. The van der Waals surface area contributed by atoms with Gasteiger partial charge in [0.2, 0.25) is 0 Å². The minimum atomic E-state index is -0.514. The van der Waals surface area contributed by atoms with Gasteiger partial charge in [0, 0.05) is 12.5 Å². The fourth-order valence-electron chi connectivity index (χ4n) is 3.03. The molecule has 0 spiro atoms. The van der Waals surface area contributed by atoms with Crippen molar-refractivity contribution in [3.05, 3.63) is 22.4 Å². The van der Waals surface area contributed by atoms with Gasteiger partial charge in [-0.2, -0.15) is 0 Å². The number of hydrogen-bond donors (Lipinski definition) is 1. The van der Waals surface area contributed by atoms with Crippen LogP contribution in [-0.2, 0) is 14.3 Å². The summed E-state index contributed by atoms with van der Waals surface area (Å²) in [6.07, 6.45) is 3.39. The third-order valence-corrected chi connectivity index (χ3v) is 5.68. The minimum Gasteiger partial charge on any atom is -0.456 e. The number of thiophene rings is 1. The zero-order valence-corrected chi connectivity index (χ0v) is 15.1. The average Bonchev–Trinajstić information content (AvgIpc) is 3.09. The molecule has 0 radical (unpaired) electrons. The molecule has 0 bridgehead atoms. The molecular formula is C18H25NO4S. The first kappa shape index (κ1) is 18.6. The van der Waals surface area contributed by atoms with Crippen LogP contribution in [0.4, 0.5) is 0 Å². The Hall–Kier alpha value is -1.69. The first-order valence-electron chi connectivity index (χ1n) is 8.49. The third-order valence-electron chi connectivity index (χ3n) is 4.77. The second-order valence-corrected chi connectivity index (χ2v) is 7.45. The van der Waals surface area contributed by atoms with E-state index in [4.69, 9.17) is 4.74 Å². The van der Waals surface area contributed by atoms with Gasteiger partial charge in [0.05, 0.1) is 11.3 Å². The standard InChI is InChI=1S/C18H25NO4S/c1-12-5-3-6-14(13(12)2)19-17(21)11-23-18(22)9-8-15(20)16-7-4-10-24-16/h4,7,10,12-14H,3,5-6,8-9,11H2,1-2H3,(H,19,21)/t12-,13-,14-/m0/s1. The zero-order chi connectivity index (χ0) is 17.5. The van der Waals surface area contributed by atoms with Crippen LogP contribution in [0.3, 0.4) is 0 Å². The van der Waals surface area contributed by atoms with Crippen LogP contribution in [0.1, 0.15) is 55.6 Å². The summed E-state index contributed by atoms with van der Waals surface area (Å²) in [5, 5.41) is 4.78. The summed E-state index contributed by atoms with van der Waals surface area (Å²) in [4.78, 5) is 36.1. The van der Waals surface area contributed by atoms with Gasteiger partial charge in [-0.25, -0.2) is 0 Å². The van der Waals surface area contributed by atoms with E-state index in [1.165, 1.54) is 17.8 Å². The summed E-state index contributed by atoms with van der Waals surface area (Å²) in [6.45, 7) is 4.08. The monoisotopic (exact) mass is 351 g/mol. The number of esters is 1. The van der Waals surface area contributed by atoms with Crippen LogP contribution in [0, 0.1) is 11.8 Å². The molecule has 1 N–H and O–H groups in total. The molecule has 2 rings (SSSR count). The number of nitrogens with one attached hydrogen (secondary N) is 1. The van der Waals surface area contributed by atoms with E-state index in [0.717, 1.165) is 12.8 Å². The summed E-state index contributed by atoms with van der Waals surface area (Å²) < 4.78 is 4.98. The van der Waals surface area contributed by atoms with Crippen molar-refractivity contribution in [2.75, 3.05) is 6.61 Å². The lowest BCUT2D eigenvalue weighted by Gasteiger charge is -2.34. The second-order valence-electron chi connectivity index (χ2n) is 6.50. The Morgan fingerprint density at radius 2 is 2.04 bits per heavy atom. The highest BCUT2D eigenvalue weighted by atomic mass is 32.1. The normalized spacial score (nSPS) is 23.5. The first-order chi connectivity index (χ1) is 11.5. The van der Waals surface area contributed by atoms with Gasteiger partial charge in [0.1, 0.15) is 0 Å². The second kappa shape index (κ2) is 8.97. The number of carbonyl (C=O) groups excluding carboxylic acids is 3. The number of carbonyl (C=O) groups is 3. The van der Waals surface area contributed by atoms with E-state index in [1.807, 2.05) is 5.38 Å². The highest BCUT2D eigenvalue weighted by molar-refractivity contribution is 7.12. The Labute approximate surface area is 146 Å². The number of rotatable bonds is 7. The molecule has 3 atom stereocenters. The van der Waals surface area contributed by atoms with E-state index in [-0.39, 0.29) is 37.2 Å². The van der Waals surface area contributed by atoms with Crippen LogP contribution >= 0.6 is 11.3 Å². The van der Waals surface area contributed by atoms with Crippen molar-refractivity contribution in [1.29, 1.82) is 0 Å². The van der Waals surface area contributed by atoms with Crippen LogP contribution in [-0.4, -0.2) is 30.3 Å². The third kappa shape index (κ3) is 5.44. The summed E-state index contributed by atoms with van der Waals surface area (Å²) in [5.74, 6) is 0.173. The van der Waals surface area contributed by atoms with Gasteiger partial charge in [-0.1, -0.05) is 32.8 Å². The predicted octanol–water partition coefficient (Wildman–Crippen LogP) is 3.20. The Bertz CT molecular complexity index is 570. The van der Waals surface area contributed by atoms with E-state index in [2.05, 4.69) is 19.2 Å². The first-order valence-corrected chi connectivity index (χ1v) is 9.37. The molecular weight excluding hydrogens is 326 g/mol. The van der Waals surface area contributed by atoms with Crippen LogP contribution in [0.15, 0.2) is 17.5 Å². The summed E-state index contributed by atoms with van der Waals surface area (Å²) >= 11 is 1.35. The molecule has 5 nitrogen and oxygen atoms in total. The maximum absolute atomic E-state index is 11.9. The van der Waals surface area contributed by atoms with Gasteiger partial charge < -0.3 is 10.1 Å². The smallest absolute Gasteiger partial charge is 0.306 e. The van der Waals surface area contributed by atoms with Crippen molar-refractivity contribution >= 4 is 29.0 Å². The highest BCUT2D eigenvalue weighted by Gasteiger charge is 2.28. The molecule has 6 heteroatoms. The van der Waals surface area contributed by atoms with E-state index < -0.39 is 5.97 Å². The number of ether oxygens (including phenoxy) is 1. The van der Waals surface area contributed by atoms with Gasteiger partial charge in [-0.05, 0) is 29.7 Å². The van der Waals surface area contributed by atoms with E-state index in [9.17, 15) is 14.4 Å². The van der Waals surface area contributed by atoms with Crippen LogP contribution in [0.5, 0.6) is 0 Å². The van der Waals surface area contributed by atoms with E-state index in [1.54, 1.807) is 12.1 Å². The van der Waals surface area contributed by atoms with Crippen LogP contribution in [0.2, 0.25) is 0 Å². The van der Waals surface area contributed by atoms with Crippen LogP contribution in [0.25, 0.3) is 0 Å². The van der Waals surface area contributed by atoms with Gasteiger partial charge in [-0.15, -0.1) is 11.3 Å². The van der Waals surface area contributed by atoms with Crippen molar-refractivity contribution in [3.63, 3.8) is 0 Å². The number of amides is 1. The number of ketones is 1. The molecule has 1 saturated carbocycles. The lowest BCUT2D eigenvalue weighted by atomic mass is 9.78. The Kier molecular flexibility index (Phi) is 6.97. The molecule has 1 fully saturated rings. The Morgan fingerprint density at radius 1 is 1.25 bits per heavy atom. The fourth-order valence-corrected chi connectivity index (χ4v) is 3.72. The SMILES string of the molecule is C[C@@H]1[C@@H](NC(=O)COC(=O)CCC(=O)c2cccs2)CCC[C@@H]1C.